The number of rotatable bonds is 8. The van der Waals surface area contributed by atoms with E-state index in [9.17, 15) is 22.0 Å². The molecule has 1 aromatic carbocycles. The van der Waals surface area contributed by atoms with Crippen LogP contribution in [0.3, 0.4) is 0 Å². The highest BCUT2D eigenvalue weighted by Crippen LogP contribution is 2.42. The number of hydrogen-bond donors (Lipinski definition) is 1. The highest BCUT2D eigenvalue weighted by Gasteiger charge is 2.47. The zero-order valence-electron chi connectivity index (χ0n) is 18.8. The Morgan fingerprint density at radius 1 is 1.09 bits per heavy atom. The number of ether oxygens (including phenoxy) is 1. The molecule has 0 unspecified atom stereocenters. The normalized spacial score (nSPS) is 21.8. The van der Waals surface area contributed by atoms with Gasteiger partial charge in [-0.3, -0.25) is 9.69 Å². The van der Waals surface area contributed by atoms with Crippen molar-refractivity contribution in [1.29, 1.82) is 0 Å². The number of carbonyl (C=O) groups excluding carboxylic acids is 1. The smallest absolute Gasteiger partial charge is 0.255 e. The Morgan fingerprint density at radius 2 is 1.72 bits per heavy atom. The average molecular weight is 474 g/mol. The van der Waals surface area contributed by atoms with E-state index in [-0.39, 0.29) is 43.9 Å². The third-order valence-corrected chi connectivity index (χ3v) is 8.68. The quantitative estimate of drug-likeness (QED) is 0.628. The van der Waals surface area contributed by atoms with Gasteiger partial charge in [-0.1, -0.05) is 19.1 Å². The van der Waals surface area contributed by atoms with Gasteiger partial charge in [0.25, 0.3) is 5.91 Å². The van der Waals surface area contributed by atoms with Crippen molar-refractivity contribution in [2.75, 3.05) is 45.6 Å². The minimum Gasteiger partial charge on any atom is -0.496 e. The second-order valence-electron chi connectivity index (χ2n) is 8.67. The van der Waals surface area contributed by atoms with Gasteiger partial charge < -0.3 is 10.1 Å². The molecule has 2 aliphatic rings. The van der Waals surface area contributed by atoms with Crippen LogP contribution in [0.4, 0.5) is 8.78 Å². The average Bonchev–Trinajstić information content (AvgIpc) is 2.78. The fourth-order valence-corrected chi connectivity index (χ4v) is 6.18. The van der Waals surface area contributed by atoms with E-state index < -0.39 is 21.5 Å². The molecule has 1 aliphatic carbocycles. The van der Waals surface area contributed by atoms with Gasteiger partial charge >= 0.3 is 0 Å². The molecule has 0 atom stereocenters. The van der Waals surface area contributed by atoms with Crippen molar-refractivity contribution in [2.45, 2.75) is 50.5 Å². The molecular weight excluding hydrogens is 440 g/mol. The van der Waals surface area contributed by atoms with Crippen LogP contribution in [0.2, 0.25) is 0 Å². The number of piperazine rings is 1. The van der Waals surface area contributed by atoms with Crippen LogP contribution in [-0.4, -0.2) is 80.6 Å². The SMILES string of the molecule is CCCS(=O)(=O)N1CCN(C2(CNC(=O)c3ccccc3OC)CCC(F)(F)CC2)CC1. The van der Waals surface area contributed by atoms with Crippen molar-refractivity contribution in [3.05, 3.63) is 29.8 Å². The first-order valence-electron chi connectivity index (χ1n) is 11.1. The summed E-state index contributed by atoms with van der Waals surface area (Å²) in [5.74, 6) is -2.46. The number of halogens is 2. The lowest BCUT2D eigenvalue weighted by Crippen LogP contribution is -2.63. The monoisotopic (exact) mass is 473 g/mol. The van der Waals surface area contributed by atoms with Crippen molar-refractivity contribution in [1.82, 2.24) is 14.5 Å². The molecule has 1 aliphatic heterocycles. The summed E-state index contributed by atoms with van der Waals surface area (Å²) in [4.78, 5) is 14.9. The highest BCUT2D eigenvalue weighted by molar-refractivity contribution is 7.89. The number of methoxy groups -OCH3 is 1. The lowest BCUT2D eigenvalue weighted by Gasteiger charge is -2.50. The van der Waals surface area contributed by atoms with E-state index in [1.807, 2.05) is 6.92 Å². The number of carbonyl (C=O) groups is 1. The third-order valence-electron chi connectivity index (χ3n) is 6.61. The molecule has 32 heavy (non-hydrogen) atoms. The van der Waals surface area contributed by atoms with Gasteiger partial charge in [0.05, 0.1) is 18.4 Å². The first-order valence-corrected chi connectivity index (χ1v) is 12.8. The van der Waals surface area contributed by atoms with Gasteiger partial charge in [0, 0.05) is 51.1 Å². The Labute approximate surface area is 189 Å². The number of alkyl halides is 2. The topological polar surface area (TPSA) is 79.0 Å². The van der Waals surface area contributed by atoms with Gasteiger partial charge in [-0.25, -0.2) is 17.2 Å². The van der Waals surface area contributed by atoms with Crippen LogP contribution in [0.15, 0.2) is 24.3 Å². The molecule has 1 saturated carbocycles. The van der Waals surface area contributed by atoms with E-state index in [2.05, 4.69) is 10.2 Å². The van der Waals surface area contributed by atoms with Crippen LogP contribution in [0.1, 0.15) is 49.4 Å². The van der Waals surface area contributed by atoms with Crippen molar-refractivity contribution in [3.63, 3.8) is 0 Å². The second kappa shape index (κ2) is 10.0. The maximum absolute atomic E-state index is 14.0. The molecule has 2 fully saturated rings. The summed E-state index contributed by atoms with van der Waals surface area (Å²) in [6, 6.07) is 6.87. The molecule has 3 rings (SSSR count). The first-order chi connectivity index (χ1) is 15.1. The molecular formula is C22H33F2N3O4S. The lowest BCUT2D eigenvalue weighted by atomic mass is 9.78. The first kappa shape index (κ1) is 24.9. The summed E-state index contributed by atoms with van der Waals surface area (Å²) < 4.78 is 59.5. The molecule has 1 saturated heterocycles. The predicted molar refractivity (Wildman–Crippen MR) is 119 cm³/mol. The molecule has 0 bridgehead atoms. The van der Waals surface area contributed by atoms with Crippen LogP contribution in [0.25, 0.3) is 0 Å². The van der Waals surface area contributed by atoms with E-state index in [4.69, 9.17) is 4.74 Å². The lowest BCUT2D eigenvalue weighted by molar-refractivity contribution is -0.0856. The Kier molecular flexibility index (Phi) is 7.77. The number of amides is 1. The third kappa shape index (κ3) is 5.58. The van der Waals surface area contributed by atoms with Gasteiger partial charge in [-0.15, -0.1) is 0 Å². The molecule has 1 heterocycles. The largest absolute Gasteiger partial charge is 0.496 e. The zero-order chi connectivity index (χ0) is 23.4. The molecule has 7 nitrogen and oxygen atoms in total. The zero-order valence-corrected chi connectivity index (χ0v) is 19.6. The fraction of sp³-hybridized carbons (Fsp3) is 0.682. The molecule has 180 valence electrons. The van der Waals surface area contributed by atoms with Crippen LogP contribution in [-0.2, 0) is 10.0 Å². The van der Waals surface area contributed by atoms with E-state index in [1.54, 1.807) is 24.3 Å². The van der Waals surface area contributed by atoms with Crippen molar-refractivity contribution in [2.24, 2.45) is 0 Å². The Balaban J connectivity index is 1.72. The van der Waals surface area contributed by atoms with Crippen LogP contribution in [0, 0.1) is 0 Å². The number of para-hydroxylation sites is 1. The Morgan fingerprint density at radius 3 is 2.31 bits per heavy atom. The fourth-order valence-electron chi connectivity index (χ4n) is 4.69. The van der Waals surface area contributed by atoms with E-state index in [0.717, 1.165) is 0 Å². The molecule has 0 spiro atoms. The number of nitrogens with zero attached hydrogens (tertiary/aromatic N) is 2. The van der Waals surface area contributed by atoms with Gasteiger partial charge in [0.1, 0.15) is 5.75 Å². The number of sulfonamides is 1. The van der Waals surface area contributed by atoms with Gasteiger partial charge in [-0.05, 0) is 31.4 Å². The highest BCUT2D eigenvalue weighted by atomic mass is 32.2. The molecule has 1 N–H and O–H groups in total. The molecule has 10 heteroatoms. The summed E-state index contributed by atoms with van der Waals surface area (Å²) in [5.41, 5.74) is -0.235. The van der Waals surface area contributed by atoms with E-state index >= 15 is 0 Å². The molecule has 0 radical (unpaired) electrons. The van der Waals surface area contributed by atoms with Crippen LogP contribution >= 0.6 is 0 Å². The van der Waals surface area contributed by atoms with Crippen molar-refractivity contribution in [3.8, 4) is 5.75 Å². The Hall–Kier alpha value is -1.78. The van der Waals surface area contributed by atoms with Gasteiger partial charge in [0.2, 0.25) is 15.9 Å². The summed E-state index contributed by atoms with van der Waals surface area (Å²) in [5, 5.41) is 2.93. The molecule has 0 aromatic heterocycles. The van der Waals surface area contributed by atoms with Crippen molar-refractivity contribution < 1.29 is 26.7 Å². The molecule has 1 aromatic rings. The Bertz CT molecular complexity index is 892. The van der Waals surface area contributed by atoms with Crippen molar-refractivity contribution >= 4 is 15.9 Å². The summed E-state index contributed by atoms with van der Waals surface area (Å²) in [7, 11) is -1.80. The summed E-state index contributed by atoms with van der Waals surface area (Å²) >= 11 is 0. The van der Waals surface area contributed by atoms with Gasteiger partial charge in [-0.2, -0.15) is 4.31 Å². The maximum Gasteiger partial charge on any atom is 0.255 e. The minimum atomic E-state index is -3.29. The second-order valence-corrected chi connectivity index (χ2v) is 10.8. The maximum atomic E-state index is 14.0. The minimum absolute atomic E-state index is 0.110. The number of hydrogen-bond acceptors (Lipinski definition) is 5. The van der Waals surface area contributed by atoms with Gasteiger partial charge in [0.15, 0.2) is 0 Å². The van der Waals surface area contributed by atoms with E-state index in [1.165, 1.54) is 11.4 Å². The van der Waals surface area contributed by atoms with Crippen LogP contribution < -0.4 is 10.1 Å². The standard InChI is InChI=1S/C22H33F2N3O4S/c1-3-16-32(29,30)27-14-12-26(13-15-27)21(8-10-22(23,24)11-9-21)17-25-20(28)18-6-4-5-7-19(18)31-2/h4-7H,3,8-17H2,1-2H3,(H,25,28). The number of benzene rings is 1. The van der Waals surface area contributed by atoms with Crippen LogP contribution in [0.5, 0.6) is 5.75 Å². The van der Waals surface area contributed by atoms with E-state index in [0.29, 0.717) is 43.9 Å². The molecule has 1 amide bonds. The number of nitrogens with one attached hydrogen (secondary N) is 1. The summed E-state index contributed by atoms with van der Waals surface area (Å²) in [6.45, 7) is 3.64. The predicted octanol–water partition coefficient (Wildman–Crippen LogP) is 2.73. The summed E-state index contributed by atoms with van der Waals surface area (Å²) in [6.07, 6.45) is 0.552.